The van der Waals surface area contributed by atoms with Crippen molar-refractivity contribution < 1.29 is 4.79 Å². The monoisotopic (exact) mass is 281 g/mol. The van der Waals surface area contributed by atoms with Crippen molar-refractivity contribution in [2.24, 2.45) is 0 Å². The summed E-state index contributed by atoms with van der Waals surface area (Å²) in [7, 11) is 0. The zero-order chi connectivity index (χ0) is 14.0. The zero-order valence-electron chi connectivity index (χ0n) is 11.1. The minimum atomic E-state index is -0.297. The van der Waals surface area contributed by atoms with Gasteiger partial charge in [-0.1, -0.05) is 11.6 Å². The Morgan fingerprint density at radius 2 is 2.11 bits per heavy atom. The summed E-state index contributed by atoms with van der Waals surface area (Å²) < 4.78 is 3.32. The van der Waals surface area contributed by atoms with E-state index in [-0.39, 0.29) is 5.91 Å². The van der Waals surface area contributed by atoms with Crippen molar-refractivity contribution in [3.05, 3.63) is 28.7 Å². The molecule has 0 unspecified atom stereocenters. The predicted octanol–water partition coefficient (Wildman–Crippen LogP) is 2.33. The summed E-state index contributed by atoms with van der Waals surface area (Å²) in [6.07, 6.45) is 1.81. The second-order valence-electron chi connectivity index (χ2n) is 4.07. The third kappa shape index (κ3) is 2.63. The SMILES string of the molecule is CCn1ccc(NC(=O)c2c(Cl)c(C)nn2CC)n1. The number of hydrogen-bond acceptors (Lipinski definition) is 3. The van der Waals surface area contributed by atoms with Gasteiger partial charge in [0.1, 0.15) is 5.69 Å². The van der Waals surface area contributed by atoms with E-state index in [1.807, 2.05) is 13.8 Å². The molecule has 2 rings (SSSR count). The molecule has 7 heteroatoms. The quantitative estimate of drug-likeness (QED) is 0.935. The highest BCUT2D eigenvalue weighted by atomic mass is 35.5. The molecule has 2 aromatic rings. The highest BCUT2D eigenvalue weighted by Crippen LogP contribution is 2.21. The van der Waals surface area contributed by atoms with Gasteiger partial charge in [0.2, 0.25) is 0 Å². The number of nitrogens with one attached hydrogen (secondary N) is 1. The summed E-state index contributed by atoms with van der Waals surface area (Å²) in [5.74, 6) is 0.207. The molecule has 0 saturated carbocycles. The third-order valence-electron chi connectivity index (χ3n) is 2.78. The minimum absolute atomic E-state index is 0.297. The molecule has 0 aliphatic heterocycles. The molecule has 0 atom stereocenters. The van der Waals surface area contributed by atoms with Crippen LogP contribution < -0.4 is 5.32 Å². The molecular formula is C12H16ClN5O. The number of hydrogen-bond donors (Lipinski definition) is 1. The Kier molecular flexibility index (Phi) is 3.90. The van der Waals surface area contributed by atoms with Crippen LogP contribution in [0.1, 0.15) is 30.0 Å². The number of rotatable bonds is 4. The minimum Gasteiger partial charge on any atom is -0.304 e. The van der Waals surface area contributed by atoms with Crippen molar-refractivity contribution >= 4 is 23.3 Å². The molecule has 0 saturated heterocycles. The fraction of sp³-hybridized carbons (Fsp3) is 0.417. The van der Waals surface area contributed by atoms with Crippen LogP contribution in [0.5, 0.6) is 0 Å². The topological polar surface area (TPSA) is 64.7 Å². The molecule has 0 spiro atoms. The lowest BCUT2D eigenvalue weighted by Crippen LogP contribution is -2.18. The Morgan fingerprint density at radius 1 is 1.37 bits per heavy atom. The Morgan fingerprint density at radius 3 is 2.68 bits per heavy atom. The molecular weight excluding hydrogens is 266 g/mol. The molecule has 2 aromatic heterocycles. The van der Waals surface area contributed by atoms with Crippen LogP contribution >= 0.6 is 11.6 Å². The van der Waals surface area contributed by atoms with Gasteiger partial charge in [-0.15, -0.1) is 0 Å². The maximum atomic E-state index is 12.2. The Bertz CT molecular complexity index is 601. The van der Waals surface area contributed by atoms with Crippen molar-refractivity contribution in [2.45, 2.75) is 33.9 Å². The molecule has 0 aromatic carbocycles. The van der Waals surface area contributed by atoms with E-state index in [1.54, 1.807) is 28.6 Å². The maximum Gasteiger partial charge on any atom is 0.276 e. The van der Waals surface area contributed by atoms with Crippen molar-refractivity contribution in [1.29, 1.82) is 0 Å². The summed E-state index contributed by atoms with van der Waals surface area (Å²) in [4.78, 5) is 12.2. The van der Waals surface area contributed by atoms with Crippen LogP contribution in [0.4, 0.5) is 5.82 Å². The Balaban J connectivity index is 2.24. The molecule has 1 N–H and O–H groups in total. The van der Waals surface area contributed by atoms with E-state index >= 15 is 0 Å². The molecule has 0 aliphatic carbocycles. The first-order chi connectivity index (χ1) is 9.06. The molecule has 6 nitrogen and oxygen atoms in total. The van der Waals surface area contributed by atoms with Gasteiger partial charge in [0.05, 0.1) is 10.7 Å². The van der Waals surface area contributed by atoms with Gasteiger partial charge in [0, 0.05) is 25.4 Å². The van der Waals surface area contributed by atoms with Crippen LogP contribution in [-0.4, -0.2) is 25.5 Å². The predicted molar refractivity (Wildman–Crippen MR) is 73.5 cm³/mol. The van der Waals surface area contributed by atoms with Crippen molar-refractivity contribution in [1.82, 2.24) is 19.6 Å². The lowest BCUT2D eigenvalue weighted by atomic mass is 10.3. The third-order valence-corrected chi connectivity index (χ3v) is 3.23. The van der Waals surface area contributed by atoms with Gasteiger partial charge >= 0.3 is 0 Å². The van der Waals surface area contributed by atoms with E-state index < -0.39 is 0 Å². The number of nitrogens with zero attached hydrogens (tertiary/aromatic N) is 4. The molecule has 0 aliphatic rings. The average Bonchev–Trinajstić information content (AvgIpc) is 2.95. The van der Waals surface area contributed by atoms with Crippen LogP contribution in [0.2, 0.25) is 5.02 Å². The second-order valence-corrected chi connectivity index (χ2v) is 4.45. The van der Waals surface area contributed by atoms with Crippen molar-refractivity contribution in [3.63, 3.8) is 0 Å². The van der Waals surface area contributed by atoms with Gasteiger partial charge in [0.15, 0.2) is 5.82 Å². The first-order valence-electron chi connectivity index (χ1n) is 6.14. The van der Waals surface area contributed by atoms with E-state index in [9.17, 15) is 4.79 Å². The van der Waals surface area contributed by atoms with Crippen LogP contribution in [0.25, 0.3) is 0 Å². The number of halogens is 1. The fourth-order valence-electron chi connectivity index (χ4n) is 1.79. The number of carbonyl (C=O) groups is 1. The lowest BCUT2D eigenvalue weighted by Gasteiger charge is -2.05. The molecule has 0 fully saturated rings. The second kappa shape index (κ2) is 5.44. The Hall–Kier alpha value is -1.82. The summed E-state index contributed by atoms with van der Waals surface area (Å²) >= 11 is 6.12. The van der Waals surface area contributed by atoms with E-state index in [1.165, 1.54) is 0 Å². The summed E-state index contributed by atoms with van der Waals surface area (Å²) in [6, 6.07) is 1.74. The highest BCUT2D eigenvalue weighted by Gasteiger charge is 2.20. The number of anilines is 1. The summed E-state index contributed by atoms with van der Waals surface area (Å²) in [5, 5.41) is 11.5. The van der Waals surface area contributed by atoms with Gasteiger partial charge in [-0.2, -0.15) is 10.2 Å². The van der Waals surface area contributed by atoms with Gasteiger partial charge < -0.3 is 5.32 Å². The van der Waals surface area contributed by atoms with Crippen LogP contribution in [0, 0.1) is 6.92 Å². The standard InChI is InChI=1S/C12H16ClN5O/c1-4-17-7-6-9(16-17)14-12(19)11-10(13)8(3)15-18(11)5-2/h6-7H,4-5H2,1-3H3,(H,14,16,19). The number of amides is 1. The van der Waals surface area contributed by atoms with Gasteiger partial charge in [-0.3, -0.25) is 14.2 Å². The summed E-state index contributed by atoms with van der Waals surface area (Å²) in [6.45, 7) is 7.00. The number of carbonyl (C=O) groups excluding carboxylic acids is 1. The van der Waals surface area contributed by atoms with E-state index in [0.29, 0.717) is 28.8 Å². The zero-order valence-corrected chi connectivity index (χ0v) is 11.9. The Labute approximate surface area is 116 Å². The highest BCUT2D eigenvalue weighted by molar-refractivity contribution is 6.34. The molecule has 19 heavy (non-hydrogen) atoms. The summed E-state index contributed by atoms with van der Waals surface area (Å²) in [5.41, 5.74) is 1.01. The molecule has 1 amide bonds. The normalized spacial score (nSPS) is 10.7. The smallest absolute Gasteiger partial charge is 0.276 e. The van der Waals surface area contributed by atoms with Gasteiger partial charge in [0.25, 0.3) is 5.91 Å². The lowest BCUT2D eigenvalue weighted by molar-refractivity contribution is 0.101. The van der Waals surface area contributed by atoms with E-state index in [4.69, 9.17) is 11.6 Å². The molecule has 0 bridgehead atoms. The number of aromatic nitrogens is 4. The van der Waals surface area contributed by atoms with E-state index in [0.717, 1.165) is 6.54 Å². The van der Waals surface area contributed by atoms with Crippen molar-refractivity contribution in [2.75, 3.05) is 5.32 Å². The van der Waals surface area contributed by atoms with Crippen LogP contribution in [0.15, 0.2) is 12.3 Å². The first kappa shape index (κ1) is 13.6. The van der Waals surface area contributed by atoms with Gasteiger partial charge in [-0.25, -0.2) is 0 Å². The van der Waals surface area contributed by atoms with Crippen LogP contribution in [0.3, 0.4) is 0 Å². The van der Waals surface area contributed by atoms with Crippen LogP contribution in [-0.2, 0) is 13.1 Å². The molecule has 2 heterocycles. The van der Waals surface area contributed by atoms with Crippen molar-refractivity contribution in [3.8, 4) is 0 Å². The largest absolute Gasteiger partial charge is 0.304 e. The maximum absolute atomic E-state index is 12.2. The molecule has 0 radical (unpaired) electrons. The molecule has 102 valence electrons. The average molecular weight is 282 g/mol. The first-order valence-corrected chi connectivity index (χ1v) is 6.52. The van der Waals surface area contributed by atoms with Gasteiger partial charge in [-0.05, 0) is 20.8 Å². The van der Waals surface area contributed by atoms with E-state index in [2.05, 4.69) is 15.5 Å². The fourth-order valence-corrected chi connectivity index (χ4v) is 2.01. The number of aryl methyl sites for hydroxylation is 3.